The predicted octanol–water partition coefficient (Wildman–Crippen LogP) is 1.50. The van der Waals surface area contributed by atoms with Crippen molar-refractivity contribution in [3.05, 3.63) is 11.6 Å². The molecule has 17 heavy (non-hydrogen) atoms. The predicted molar refractivity (Wildman–Crippen MR) is 69.1 cm³/mol. The van der Waals surface area contributed by atoms with Crippen molar-refractivity contribution in [2.75, 3.05) is 39.4 Å². The molecule has 3 nitrogen and oxygen atoms in total. The second kappa shape index (κ2) is 5.09. The van der Waals surface area contributed by atoms with Crippen LogP contribution in [0.5, 0.6) is 0 Å². The van der Waals surface area contributed by atoms with Crippen molar-refractivity contribution in [2.45, 2.75) is 38.3 Å². The minimum Gasteiger partial charge on any atom is -0.377 e. The van der Waals surface area contributed by atoms with E-state index in [1.54, 1.807) is 0 Å². The van der Waals surface area contributed by atoms with E-state index in [0.717, 1.165) is 32.2 Å². The molecule has 3 rings (SSSR count). The van der Waals surface area contributed by atoms with Crippen LogP contribution in [0.3, 0.4) is 0 Å². The van der Waals surface area contributed by atoms with E-state index in [9.17, 15) is 0 Å². The Hall–Kier alpha value is -0.380. The number of fused-ring (bicyclic) bond motifs is 1. The Morgan fingerprint density at radius 1 is 1.41 bits per heavy atom. The molecule has 0 aromatic heterocycles. The van der Waals surface area contributed by atoms with Crippen molar-refractivity contribution in [1.82, 2.24) is 9.80 Å². The van der Waals surface area contributed by atoms with Crippen LogP contribution in [0.4, 0.5) is 0 Å². The van der Waals surface area contributed by atoms with E-state index in [0.29, 0.717) is 6.04 Å². The van der Waals surface area contributed by atoms with E-state index < -0.39 is 0 Å². The Morgan fingerprint density at radius 3 is 3.18 bits per heavy atom. The van der Waals surface area contributed by atoms with Gasteiger partial charge in [-0.05, 0) is 38.3 Å². The average molecular weight is 236 g/mol. The molecule has 0 aromatic rings. The van der Waals surface area contributed by atoms with E-state index in [1.807, 2.05) is 0 Å². The Balaban J connectivity index is 1.60. The minimum absolute atomic E-state index is 0.701. The molecule has 2 fully saturated rings. The summed E-state index contributed by atoms with van der Waals surface area (Å²) in [4.78, 5) is 5.35. The topological polar surface area (TPSA) is 15.7 Å². The fourth-order valence-corrected chi connectivity index (χ4v) is 3.45. The molecular weight excluding hydrogens is 212 g/mol. The molecule has 0 saturated carbocycles. The molecule has 2 saturated heterocycles. The van der Waals surface area contributed by atoms with Crippen LogP contribution in [0.1, 0.15) is 26.2 Å². The lowest BCUT2D eigenvalue weighted by Gasteiger charge is -2.42. The van der Waals surface area contributed by atoms with Crippen LogP contribution in [0.25, 0.3) is 0 Å². The third-order valence-corrected chi connectivity index (χ3v) is 4.46. The van der Waals surface area contributed by atoms with Gasteiger partial charge in [-0.3, -0.25) is 9.80 Å². The smallest absolute Gasteiger partial charge is 0.0689 e. The van der Waals surface area contributed by atoms with Crippen molar-refractivity contribution in [3.8, 4) is 0 Å². The third-order valence-electron chi connectivity index (χ3n) is 4.46. The monoisotopic (exact) mass is 236 g/mol. The maximum Gasteiger partial charge on any atom is 0.0689 e. The van der Waals surface area contributed by atoms with Gasteiger partial charge in [0.15, 0.2) is 0 Å². The Kier molecular flexibility index (Phi) is 3.50. The molecule has 2 atom stereocenters. The van der Waals surface area contributed by atoms with Gasteiger partial charge in [0.25, 0.3) is 0 Å². The molecule has 3 aliphatic heterocycles. The molecule has 0 amide bonds. The third kappa shape index (κ3) is 2.56. The lowest BCUT2D eigenvalue weighted by atomic mass is 10.1. The molecular formula is C14H24N2O. The van der Waals surface area contributed by atoms with Gasteiger partial charge in [0.1, 0.15) is 0 Å². The quantitative estimate of drug-likeness (QED) is 0.676. The van der Waals surface area contributed by atoms with Gasteiger partial charge in [-0.1, -0.05) is 6.08 Å². The lowest BCUT2D eigenvalue weighted by molar-refractivity contribution is 0.0603. The van der Waals surface area contributed by atoms with E-state index in [-0.39, 0.29) is 0 Å². The van der Waals surface area contributed by atoms with Gasteiger partial charge in [-0.15, -0.1) is 0 Å². The maximum atomic E-state index is 5.54. The summed E-state index contributed by atoms with van der Waals surface area (Å²) in [6.45, 7) is 9.13. The van der Waals surface area contributed by atoms with Crippen molar-refractivity contribution in [1.29, 1.82) is 0 Å². The SMILES string of the molecule is CC1CN2CCCC2CN1CC1=CCCOC1. The first kappa shape index (κ1) is 11.7. The largest absolute Gasteiger partial charge is 0.377 e. The molecule has 0 bridgehead atoms. The van der Waals surface area contributed by atoms with E-state index in [1.165, 1.54) is 38.0 Å². The van der Waals surface area contributed by atoms with Gasteiger partial charge in [0.05, 0.1) is 13.2 Å². The first-order chi connectivity index (χ1) is 8.33. The van der Waals surface area contributed by atoms with Crippen molar-refractivity contribution in [3.63, 3.8) is 0 Å². The van der Waals surface area contributed by atoms with Crippen molar-refractivity contribution in [2.24, 2.45) is 0 Å². The Morgan fingerprint density at radius 2 is 2.35 bits per heavy atom. The summed E-state index contributed by atoms with van der Waals surface area (Å²) in [5.41, 5.74) is 1.49. The highest BCUT2D eigenvalue weighted by atomic mass is 16.5. The number of nitrogens with zero attached hydrogens (tertiary/aromatic N) is 2. The first-order valence-electron chi connectivity index (χ1n) is 7.06. The molecule has 0 aromatic carbocycles. The Bertz CT molecular complexity index is 303. The highest BCUT2D eigenvalue weighted by Gasteiger charge is 2.34. The summed E-state index contributed by atoms with van der Waals surface area (Å²) in [5, 5.41) is 0. The van der Waals surface area contributed by atoms with Crippen LogP contribution in [-0.4, -0.2) is 61.3 Å². The number of piperazine rings is 1. The summed E-state index contributed by atoms with van der Waals surface area (Å²) in [6.07, 6.45) is 6.29. The molecule has 0 spiro atoms. The maximum absolute atomic E-state index is 5.54. The number of ether oxygens (including phenoxy) is 1. The van der Waals surface area contributed by atoms with Crippen LogP contribution in [-0.2, 0) is 4.74 Å². The summed E-state index contributed by atoms with van der Waals surface area (Å²) >= 11 is 0. The summed E-state index contributed by atoms with van der Waals surface area (Å²) in [6, 6.07) is 1.53. The first-order valence-corrected chi connectivity index (χ1v) is 7.06. The summed E-state index contributed by atoms with van der Waals surface area (Å²) in [7, 11) is 0. The second-order valence-electron chi connectivity index (χ2n) is 5.77. The standard InChI is InChI=1S/C14H24N2O/c1-12-8-15-6-2-5-14(15)10-16(12)9-13-4-3-7-17-11-13/h4,12,14H,2-3,5-11H2,1H3. The normalized spacial score (nSPS) is 35.7. The van der Waals surface area contributed by atoms with E-state index in [4.69, 9.17) is 4.74 Å². The van der Waals surface area contributed by atoms with Crippen molar-refractivity contribution >= 4 is 0 Å². The van der Waals surface area contributed by atoms with Gasteiger partial charge in [0.2, 0.25) is 0 Å². The fourth-order valence-electron chi connectivity index (χ4n) is 3.45. The number of rotatable bonds is 2. The number of hydrogen-bond acceptors (Lipinski definition) is 3. The zero-order valence-corrected chi connectivity index (χ0v) is 10.9. The average Bonchev–Trinajstić information content (AvgIpc) is 2.78. The zero-order valence-electron chi connectivity index (χ0n) is 10.9. The summed E-state index contributed by atoms with van der Waals surface area (Å²) < 4.78 is 5.54. The van der Waals surface area contributed by atoms with Gasteiger partial charge in [0, 0.05) is 31.7 Å². The molecule has 3 aliphatic rings. The van der Waals surface area contributed by atoms with Crippen LogP contribution in [0.15, 0.2) is 11.6 Å². The molecule has 2 unspecified atom stereocenters. The highest BCUT2D eigenvalue weighted by molar-refractivity contribution is 5.08. The van der Waals surface area contributed by atoms with Crippen molar-refractivity contribution < 1.29 is 4.74 Å². The second-order valence-corrected chi connectivity index (χ2v) is 5.77. The summed E-state index contributed by atoms with van der Waals surface area (Å²) in [5.74, 6) is 0. The van der Waals surface area contributed by atoms with Crippen LogP contribution in [0.2, 0.25) is 0 Å². The minimum atomic E-state index is 0.701. The molecule has 0 aliphatic carbocycles. The van der Waals surface area contributed by atoms with Gasteiger partial charge in [-0.2, -0.15) is 0 Å². The van der Waals surface area contributed by atoms with Crippen LogP contribution in [0, 0.1) is 0 Å². The lowest BCUT2D eigenvalue weighted by Crippen LogP contribution is -2.55. The van der Waals surface area contributed by atoms with Crippen LogP contribution >= 0.6 is 0 Å². The van der Waals surface area contributed by atoms with Gasteiger partial charge in [-0.25, -0.2) is 0 Å². The fraction of sp³-hybridized carbons (Fsp3) is 0.857. The van der Waals surface area contributed by atoms with Gasteiger partial charge >= 0.3 is 0 Å². The molecule has 0 N–H and O–H groups in total. The zero-order chi connectivity index (χ0) is 11.7. The van der Waals surface area contributed by atoms with Gasteiger partial charge < -0.3 is 4.74 Å². The van der Waals surface area contributed by atoms with Crippen LogP contribution < -0.4 is 0 Å². The molecule has 3 heteroatoms. The molecule has 96 valence electrons. The Labute approximate surface area is 104 Å². The van der Waals surface area contributed by atoms with E-state index >= 15 is 0 Å². The highest BCUT2D eigenvalue weighted by Crippen LogP contribution is 2.25. The molecule has 3 heterocycles. The molecule has 0 radical (unpaired) electrons. The number of hydrogen-bond donors (Lipinski definition) is 0. The van der Waals surface area contributed by atoms with E-state index in [2.05, 4.69) is 22.8 Å².